The van der Waals surface area contributed by atoms with Crippen LogP contribution in [0, 0.1) is 0 Å². The molecule has 0 unspecified atom stereocenters. The normalized spacial score (nSPS) is 12.1. The number of amidine groups is 1. The van der Waals surface area contributed by atoms with E-state index in [1.807, 2.05) is 30.1 Å². The lowest BCUT2D eigenvalue weighted by Gasteiger charge is -2.16. The summed E-state index contributed by atoms with van der Waals surface area (Å²) in [4.78, 5) is 1.91. The maximum absolute atomic E-state index is 8.44. The molecule has 0 aliphatic heterocycles. The van der Waals surface area contributed by atoms with Crippen molar-refractivity contribution >= 4 is 33.4 Å². The molecule has 0 saturated heterocycles. The average Bonchev–Trinajstić information content (AvgIpc) is 2.22. The number of likely N-dealkylation sites (N-methyl/N-ethyl adjacent to an activating group) is 1. The van der Waals surface area contributed by atoms with Crippen molar-refractivity contribution in [2.45, 2.75) is 6.54 Å². The second-order valence-electron chi connectivity index (χ2n) is 3.50. The molecule has 88 valence electrons. The van der Waals surface area contributed by atoms with Crippen LogP contribution in [0.2, 0.25) is 5.02 Å². The van der Waals surface area contributed by atoms with Gasteiger partial charge in [-0.2, -0.15) is 0 Å². The van der Waals surface area contributed by atoms with Gasteiger partial charge in [-0.25, -0.2) is 0 Å². The summed E-state index contributed by atoms with van der Waals surface area (Å²) >= 11 is 9.42. The Morgan fingerprint density at radius 1 is 1.62 bits per heavy atom. The van der Waals surface area contributed by atoms with Crippen LogP contribution in [0.15, 0.2) is 27.8 Å². The molecule has 1 rings (SSSR count). The molecule has 0 fully saturated rings. The number of nitrogens with two attached hydrogens (primary N) is 1. The van der Waals surface area contributed by atoms with Crippen LogP contribution < -0.4 is 5.73 Å². The summed E-state index contributed by atoms with van der Waals surface area (Å²) in [6, 6.07) is 5.71. The minimum absolute atomic E-state index is 0.177. The van der Waals surface area contributed by atoms with E-state index in [-0.39, 0.29) is 5.84 Å². The Kier molecular flexibility index (Phi) is 5.05. The molecule has 0 spiro atoms. The van der Waals surface area contributed by atoms with Gasteiger partial charge >= 0.3 is 0 Å². The lowest BCUT2D eigenvalue weighted by Crippen LogP contribution is -2.30. The highest BCUT2D eigenvalue weighted by Gasteiger charge is 2.06. The lowest BCUT2D eigenvalue weighted by atomic mass is 10.2. The predicted octanol–water partition coefficient (Wildman–Crippen LogP) is 2.28. The number of nitrogens with zero attached hydrogens (tertiary/aromatic N) is 2. The number of rotatable bonds is 4. The molecule has 0 aliphatic rings. The highest BCUT2D eigenvalue weighted by atomic mass is 79.9. The average molecular weight is 307 g/mol. The zero-order chi connectivity index (χ0) is 12.1. The molecule has 4 nitrogen and oxygen atoms in total. The Bertz CT molecular complexity index is 398. The first-order valence-electron chi connectivity index (χ1n) is 4.62. The number of halogens is 2. The van der Waals surface area contributed by atoms with E-state index in [9.17, 15) is 0 Å². The summed E-state index contributed by atoms with van der Waals surface area (Å²) in [6.45, 7) is 1.03. The van der Waals surface area contributed by atoms with Gasteiger partial charge in [0.25, 0.3) is 0 Å². The van der Waals surface area contributed by atoms with E-state index in [0.717, 1.165) is 10.0 Å². The first kappa shape index (κ1) is 13.3. The van der Waals surface area contributed by atoms with E-state index >= 15 is 0 Å². The van der Waals surface area contributed by atoms with E-state index in [1.165, 1.54) is 0 Å². The van der Waals surface area contributed by atoms with Crippen molar-refractivity contribution < 1.29 is 5.21 Å². The van der Waals surface area contributed by atoms with Crippen LogP contribution in [0.25, 0.3) is 0 Å². The first-order chi connectivity index (χ1) is 7.52. The summed E-state index contributed by atoms with van der Waals surface area (Å²) < 4.78 is 0.945. The molecule has 16 heavy (non-hydrogen) atoms. The standard InChI is InChI=1S/C10H13BrClN3O/c1-15(6-10(13)14-16)5-7-2-3-8(11)4-9(7)12/h2-4,16H,5-6H2,1H3,(H2,13,14). The second kappa shape index (κ2) is 6.08. The minimum atomic E-state index is 0.177. The third-order valence-electron chi connectivity index (χ3n) is 2.02. The van der Waals surface area contributed by atoms with Crippen molar-refractivity contribution in [2.75, 3.05) is 13.6 Å². The predicted molar refractivity (Wildman–Crippen MR) is 68.9 cm³/mol. The molecule has 1 aromatic rings. The van der Waals surface area contributed by atoms with Crippen molar-refractivity contribution in [1.29, 1.82) is 0 Å². The summed E-state index contributed by atoms with van der Waals surface area (Å²) in [7, 11) is 1.87. The van der Waals surface area contributed by atoms with Crippen molar-refractivity contribution in [3.8, 4) is 0 Å². The third kappa shape index (κ3) is 4.00. The van der Waals surface area contributed by atoms with Crippen LogP contribution in [-0.4, -0.2) is 29.5 Å². The van der Waals surface area contributed by atoms with Crippen molar-refractivity contribution in [1.82, 2.24) is 4.90 Å². The maximum Gasteiger partial charge on any atom is 0.153 e. The fourth-order valence-electron chi connectivity index (χ4n) is 1.30. The van der Waals surface area contributed by atoms with Gasteiger partial charge in [-0.1, -0.05) is 38.8 Å². The molecule has 3 N–H and O–H groups in total. The Labute approximate surface area is 108 Å². The van der Waals surface area contributed by atoms with Gasteiger partial charge in [0, 0.05) is 16.0 Å². The zero-order valence-corrected chi connectivity index (χ0v) is 11.2. The van der Waals surface area contributed by atoms with E-state index in [1.54, 1.807) is 0 Å². The Hall–Kier alpha value is -0.780. The fraction of sp³-hybridized carbons (Fsp3) is 0.300. The van der Waals surface area contributed by atoms with Crippen LogP contribution in [0.3, 0.4) is 0 Å². The highest BCUT2D eigenvalue weighted by Crippen LogP contribution is 2.22. The van der Waals surface area contributed by atoms with Crippen molar-refractivity contribution in [3.63, 3.8) is 0 Å². The van der Waals surface area contributed by atoms with Crippen molar-refractivity contribution in [2.24, 2.45) is 10.9 Å². The number of oxime groups is 1. The lowest BCUT2D eigenvalue weighted by molar-refractivity contribution is 0.308. The molecule has 0 amide bonds. The molecule has 0 heterocycles. The Balaban J connectivity index is 2.66. The quantitative estimate of drug-likeness (QED) is 0.388. The summed E-state index contributed by atoms with van der Waals surface area (Å²) in [5, 5.41) is 12.1. The van der Waals surface area contributed by atoms with Gasteiger partial charge < -0.3 is 10.9 Å². The van der Waals surface area contributed by atoms with E-state index in [4.69, 9.17) is 22.5 Å². The van der Waals surface area contributed by atoms with Crippen molar-refractivity contribution in [3.05, 3.63) is 33.3 Å². The molecule has 0 saturated carbocycles. The minimum Gasteiger partial charge on any atom is -0.409 e. The van der Waals surface area contributed by atoms with Crippen LogP contribution >= 0.6 is 27.5 Å². The van der Waals surface area contributed by atoms with Crippen LogP contribution in [0.1, 0.15) is 5.56 Å². The molecular weight excluding hydrogens is 293 g/mol. The van der Waals surface area contributed by atoms with Crippen LogP contribution in [-0.2, 0) is 6.54 Å². The van der Waals surface area contributed by atoms with E-state index in [0.29, 0.717) is 18.1 Å². The largest absolute Gasteiger partial charge is 0.409 e. The zero-order valence-electron chi connectivity index (χ0n) is 8.82. The monoisotopic (exact) mass is 305 g/mol. The number of benzene rings is 1. The second-order valence-corrected chi connectivity index (χ2v) is 4.82. The van der Waals surface area contributed by atoms with Crippen LogP contribution in [0.5, 0.6) is 0 Å². The SMILES string of the molecule is CN(C/C(N)=N/O)Cc1ccc(Br)cc1Cl. The topological polar surface area (TPSA) is 61.8 Å². The Morgan fingerprint density at radius 3 is 2.88 bits per heavy atom. The molecule has 0 aromatic heterocycles. The summed E-state index contributed by atoms with van der Waals surface area (Å²) in [6.07, 6.45) is 0. The summed E-state index contributed by atoms with van der Waals surface area (Å²) in [5.74, 6) is 0.177. The fourth-order valence-corrected chi connectivity index (χ4v) is 2.04. The van der Waals surface area contributed by atoms with Gasteiger partial charge in [-0.15, -0.1) is 0 Å². The van der Waals surface area contributed by atoms with Gasteiger partial charge in [-0.05, 0) is 24.7 Å². The molecule has 0 radical (unpaired) electrons. The maximum atomic E-state index is 8.44. The first-order valence-corrected chi connectivity index (χ1v) is 5.79. The van der Waals surface area contributed by atoms with E-state index in [2.05, 4.69) is 21.1 Å². The van der Waals surface area contributed by atoms with E-state index < -0.39 is 0 Å². The molecular formula is C10H13BrClN3O. The molecule has 0 aliphatic carbocycles. The smallest absolute Gasteiger partial charge is 0.153 e. The van der Waals surface area contributed by atoms with Gasteiger partial charge in [-0.3, -0.25) is 4.90 Å². The molecule has 0 atom stereocenters. The van der Waals surface area contributed by atoms with Gasteiger partial charge in [0.2, 0.25) is 0 Å². The third-order valence-corrected chi connectivity index (χ3v) is 2.86. The van der Waals surface area contributed by atoms with Crippen LogP contribution in [0.4, 0.5) is 0 Å². The number of hydrogen-bond donors (Lipinski definition) is 2. The van der Waals surface area contributed by atoms with Gasteiger partial charge in [0.1, 0.15) is 0 Å². The summed E-state index contributed by atoms with van der Waals surface area (Å²) in [5.41, 5.74) is 6.41. The molecule has 1 aromatic carbocycles. The molecule has 0 bridgehead atoms. The van der Waals surface area contributed by atoms with Gasteiger partial charge in [0.05, 0.1) is 6.54 Å². The number of hydrogen-bond acceptors (Lipinski definition) is 3. The van der Waals surface area contributed by atoms with Gasteiger partial charge in [0.15, 0.2) is 5.84 Å². The highest BCUT2D eigenvalue weighted by molar-refractivity contribution is 9.10. The molecule has 6 heteroatoms. The Morgan fingerprint density at radius 2 is 2.31 bits per heavy atom.